The molecule has 3 aliphatic heterocycles. The molecule has 0 radical (unpaired) electrons. The first-order valence-electron chi connectivity index (χ1n) is 14.3. The van der Waals surface area contributed by atoms with Crippen LogP contribution in [0.4, 0.5) is 16.6 Å². The Balaban J connectivity index is 1.20. The highest BCUT2D eigenvalue weighted by Crippen LogP contribution is 2.30. The molecule has 12 nitrogen and oxygen atoms in total. The van der Waals surface area contributed by atoms with Gasteiger partial charge in [-0.15, -0.1) is 0 Å². The number of piperidine rings is 1. The van der Waals surface area contributed by atoms with Gasteiger partial charge in [0.05, 0.1) is 24.6 Å². The fraction of sp³-hybridized carbons (Fsp3) is 0.607. The molecule has 214 valence electrons. The Morgan fingerprint density at radius 2 is 1.80 bits per heavy atom. The Hall–Kier alpha value is -3.51. The van der Waals surface area contributed by atoms with Gasteiger partial charge < -0.3 is 25.0 Å². The number of fused-ring (bicyclic) bond motifs is 3. The second-order valence-electron chi connectivity index (χ2n) is 12.0. The van der Waals surface area contributed by atoms with Gasteiger partial charge in [-0.3, -0.25) is 9.30 Å². The highest BCUT2D eigenvalue weighted by Gasteiger charge is 2.30. The van der Waals surface area contributed by atoms with Crippen LogP contribution in [0.1, 0.15) is 45.0 Å². The van der Waals surface area contributed by atoms with Gasteiger partial charge in [0.2, 0.25) is 5.95 Å². The second-order valence-corrected chi connectivity index (χ2v) is 12.0. The summed E-state index contributed by atoms with van der Waals surface area (Å²) in [5.74, 6) is 1.67. The average Bonchev–Trinajstić information content (AvgIpc) is 3.30. The first kappa shape index (κ1) is 26.7. The molecule has 6 rings (SSSR count). The zero-order valence-corrected chi connectivity index (χ0v) is 23.7. The van der Waals surface area contributed by atoms with Crippen molar-refractivity contribution in [1.82, 2.24) is 34.1 Å². The Morgan fingerprint density at radius 1 is 1.07 bits per heavy atom. The van der Waals surface area contributed by atoms with Gasteiger partial charge in [-0.2, -0.15) is 0 Å². The third-order valence-corrected chi connectivity index (χ3v) is 7.87. The number of imidazole rings is 1. The number of nitrogens with two attached hydrogens (primary N) is 1. The molecular weight excluding hydrogens is 510 g/mol. The lowest BCUT2D eigenvalue weighted by Gasteiger charge is -2.36. The van der Waals surface area contributed by atoms with Gasteiger partial charge in [-0.1, -0.05) is 0 Å². The molecule has 1 amide bonds. The van der Waals surface area contributed by atoms with Gasteiger partial charge in [-0.25, -0.2) is 24.7 Å². The zero-order valence-electron chi connectivity index (χ0n) is 23.7. The maximum atomic E-state index is 12.5. The normalized spacial score (nSPS) is 19.2. The Kier molecular flexibility index (Phi) is 7.22. The molecule has 2 saturated heterocycles. The van der Waals surface area contributed by atoms with Gasteiger partial charge in [0.15, 0.2) is 11.5 Å². The van der Waals surface area contributed by atoms with Crippen LogP contribution in [-0.2, 0) is 22.4 Å². The van der Waals surface area contributed by atoms with E-state index < -0.39 is 5.60 Å². The third-order valence-electron chi connectivity index (χ3n) is 7.87. The standard InChI is InChI=1S/C28H39N9O3/c1-28(2,3)40-27(38)36-8-4-19(5-9-36)16-34-7-6-23-22(17-34)33-25-24(35-10-12-39-13-11-35)32-21(18-37(23)25)20-14-30-26(29)31-15-20/h14-15,18-19H,4-13,16-17H2,1-3H3,(H2,29,30,31). The summed E-state index contributed by atoms with van der Waals surface area (Å²) in [5, 5.41) is 0. The molecule has 0 saturated carbocycles. The van der Waals surface area contributed by atoms with Crippen molar-refractivity contribution in [1.29, 1.82) is 0 Å². The number of nitrogen functional groups attached to an aromatic ring is 1. The van der Waals surface area contributed by atoms with Gasteiger partial charge in [0, 0.05) is 82.1 Å². The molecule has 3 aromatic heterocycles. The van der Waals surface area contributed by atoms with Crippen molar-refractivity contribution in [2.75, 3.05) is 63.1 Å². The predicted molar refractivity (Wildman–Crippen MR) is 151 cm³/mol. The van der Waals surface area contributed by atoms with Crippen LogP contribution in [0, 0.1) is 5.92 Å². The van der Waals surface area contributed by atoms with E-state index in [9.17, 15) is 4.79 Å². The number of nitrogens with zero attached hydrogens (tertiary/aromatic N) is 8. The van der Waals surface area contributed by atoms with E-state index in [1.54, 1.807) is 12.4 Å². The lowest BCUT2D eigenvalue weighted by atomic mass is 9.95. The smallest absolute Gasteiger partial charge is 0.410 e. The molecule has 40 heavy (non-hydrogen) atoms. The minimum atomic E-state index is -0.464. The van der Waals surface area contributed by atoms with Crippen molar-refractivity contribution >= 4 is 23.5 Å². The van der Waals surface area contributed by atoms with E-state index in [1.807, 2.05) is 25.7 Å². The van der Waals surface area contributed by atoms with Crippen LogP contribution in [0.25, 0.3) is 16.9 Å². The molecule has 3 aromatic rings. The van der Waals surface area contributed by atoms with E-state index in [4.69, 9.17) is 25.2 Å². The highest BCUT2D eigenvalue weighted by molar-refractivity contribution is 5.71. The molecule has 2 fully saturated rings. The summed E-state index contributed by atoms with van der Waals surface area (Å²) >= 11 is 0. The van der Waals surface area contributed by atoms with Crippen molar-refractivity contribution in [2.24, 2.45) is 5.92 Å². The zero-order chi connectivity index (χ0) is 27.9. The van der Waals surface area contributed by atoms with Gasteiger partial charge in [0.1, 0.15) is 5.60 Å². The molecule has 0 aromatic carbocycles. The lowest BCUT2D eigenvalue weighted by molar-refractivity contribution is 0.0167. The number of hydrogen-bond donors (Lipinski definition) is 1. The molecule has 0 spiro atoms. The maximum Gasteiger partial charge on any atom is 0.410 e. The summed E-state index contributed by atoms with van der Waals surface area (Å²) < 4.78 is 13.4. The number of rotatable bonds is 4. The van der Waals surface area contributed by atoms with Crippen LogP contribution in [0.5, 0.6) is 0 Å². The molecule has 2 N–H and O–H groups in total. The molecule has 6 heterocycles. The quantitative estimate of drug-likeness (QED) is 0.519. The number of morpholine rings is 1. The van der Waals surface area contributed by atoms with E-state index in [2.05, 4.69) is 30.4 Å². The van der Waals surface area contributed by atoms with Gasteiger partial charge in [-0.05, 0) is 39.5 Å². The minimum Gasteiger partial charge on any atom is -0.444 e. The number of carbonyl (C=O) groups is 1. The highest BCUT2D eigenvalue weighted by atomic mass is 16.6. The van der Waals surface area contributed by atoms with Crippen LogP contribution in [-0.4, -0.2) is 98.3 Å². The van der Waals surface area contributed by atoms with Crippen molar-refractivity contribution < 1.29 is 14.3 Å². The summed E-state index contributed by atoms with van der Waals surface area (Å²) in [6.07, 6.45) is 8.20. The van der Waals surface area contributed by atoms with E-state index in [-0.39, 0.29) is 12.0 Å². The Labute approximate surface area is 234 Å². The van der Waals surface area contributed by atoms with Crippen molar-refractivity contribution in [2.45, 2.75) is 52.2 Å². The molecule has 0 atom stereocenters. The number of carbonyl (C=O) groups excluding carboxylic acids is 1. The van der Waals surface area contributed by atoms with Gasteiger partial charge in [0.25, 0.3) is 0 Å². The first-order chi connectivity index (χ1) is 19.2. The van der Waals surface area contributed by atoms with Crippen molar-refractivity contribution in [3.8, 4) is 11.3 Å². The van der Waals surface area contributed by atoms with E-state index >= 15 is 0 Å². The molecule has 3 aliphatic rings. The summed E-state index contributed by atoms with van der Waals surface area (Å²) in [4.78, 5) is 37.6. The molecule has 12 heteroatoms. The summed E-state index contributed by atoms with van der Waals surface area (Å²) in [6, 6.07) is 0. The van der Waals surface area contributed by atoms with Crippen LogP contribution >= 0.6 is 0 Å². The van der Waals surface area contributed by atoms with E-state index in [0.717, 1.165) is 93.5 Å². The van der Waals surface area contributed by atoms with Crippen LogP contribution in [0.3, 0.4) is 0 Å². The monoisotopic (exact) mass is 549 g/mol. The largest absolute Gasteiger partial charge is 0.444 e. The van der Waals surface area contributed by atoms with Crippen molar-refractivity contribution in [3.05, 3.63) is 30.0 Å². The third kappa shape index (κ3) is 5.68. The second kappa shape index (κ2) is 10.8. The number of amides is 1. The summed E-state index contributed by atoms with van der Waals surface area (Å²) in [6.45, 7) is 12.9. The average molecular weight is 550 g/mol. The Morgan fingerprint density at radius 3 is 2.50 bits per heavy atom. The predicted octanol–water partition coefficient (Wildman–Crippen LogP) is 2.61. The molecular formula is C28H39N9O3. The Bertz CT molecular complexity index is 1350. The number of likely N-dealkylation sites (tertiary alicyclic amines) is 1. The summed E-state index contributed by atoms with van der Waals surface area (Å²) in [5.41, 5.74) is 10.1. The fourth-order valence-corrected chi connectivity index (χ4v) is 5.81. The van der Waals surface area contributed by atoms with Crippen LogP contribution < -0.4 is 10.6 Å². The van der Waals surface area contributed by atoms with Gasteiger partial charge >= 0.3 is 6.09 Å². The minimum absolute atomic E-state index is 0.201. The van der Waals surface area contributed by atoms with Crippen molar-refractivity contribution in [3.63, 3.8) is 0 Å². The molecule has 0 unspecified atom stereocenters. The van der Waals surface area contributed by atoms with Crippen LogP contribution in [0.2, 0.25) is 0 Å². The number of aromatic nitrogens is 5. The molecule has 0 bridgehead atoms. The number of ether oxygens (including phenoxy) is 2. The van der Waals surface area contributed by atoms with E-state index in [0.29, 0.717) is 19.1 Å². The maximum absolute atomic E-state index is 12.5. The summed E-state index contributed by atoms with van der Waals surface area (Å²) in [7, 11) is 0. The van der Waals surface area contributed by atoms with E-state index in [1.165, 1.54) is 5.69 Å². The fourth-order valence-electron chi connectivity index (χ4n) is 5.81. The van der Waals surface area contributed by atoms with Crippen LogP contribution in [0.15, 0.2) is 18.6 Å². The first-order valence-corrected chi connectivity index (χ1v) is 14.3. The number of hydrogen-bond acceptors (Lipinski definition) is 10. The lowest BCUT2D eigenvalue weighted by Crippen LogP contribution is -2.44. The topological polar surface area (TPSA) is 127 Å². The SMILES string of the molecule is CC(C)(C)OC(=O)N1CCC(CN2CCc3c(nc4c(N5CCOCC5)nc(-c5cnc(N)nc5)cn34)C2)CC1. The number of anilines is 2. The molecule has 0 aliphatic carbocycles.